The standard InChI is InChI=1S/C33H41F2N9O5S/c1-4-48-22-9-7-21(8-10-22)44-16-24(30(42-44)29-23(34)11-12-26(35)41-29)39-31(46)25-17-50-33(40-25)20-14-38-43(15-20)18-49-27(45)6-5-13-37-32(47)28(36)19(2)3/h11-12,14-17,19,21-22,28H,4-10,13,18,36H2,1-3H3,(H,37,47)(H,39,46). The Kier molecular flexibility index (Phi) is 12.4. The second-order valence-electron chi connectivity index (χ2n) is 12.3. The van der Waals surface area contributed by atoms with Gasteiger partial charge in [0.2, 0.25) is 11.9 Å². The smallest absolute Gasteiger partial charge is 0.307 e. The van der Waals surface area contributed by atoms with Crippen molar-refractivity contribution in [2.45, 2.75) is 84.2 Å². The Hall–Kier alpha value is -4.61. The van der Waals surface area contributed by atoms with Crippen LogP contribution in [0.2, 0.25) is 0 Å². The average molecular weight is 714 g/mol. The van der Waals surface area contributed by atoms with E-state index in [0.717, 1.165) is 37.8 Å². The minimum absolute atomic E-state index is 0.00800. The average Bonchev–Trinajstić information content (AvgIpc) is 3.87. The van der Waals surface area contributed by atoms with E-state index in [0.29, 0.717) is 30.1 Å². The summed E-state index contributed by atoms with van der Waals surface area (Å²) < 4.78 is 43.1. The molecule has 4 N–H and O–H groups in total. The fourth-order valence-corrected chi connectivity index (χ4v) is 6.23. The third-order valence-electron chi connectivity index (χ3n) is 8.29. The molecule has 1 aliphatic carbocycles. The first kappa shape index (κ1) is 36.7. The molecule has 4 heterocycles. The summed E-state index contributed by atoms with van der Waals surface area (Å²) in [6.45, 7) is 6.48. The Morgan fingerprint density at radius 1 is 1.10 bits per heavy atom. The van der Waals surface area contributed by atoms with Gasteiger partial charge in [-0.25, -0.2) is 19.0 Å². The van der Waals surface area contributed by atoms with Gasteiger partial charge in [0.15, 0.2) is 12.5 Å². The number of halogens is 2. The zero-order chi connectivity index (χ0) is 35.8. The van der Waals surface area contributed by atoms with Gasteiger partial charge in [-0.3, -0.25) is 19.1 Å². The lowest BCUT2D eigenvalue weighted by Gasteiger charge is -2.28. The second kappa shape index (κ2) is 16.9. The summed E-state index contributed by atoms with van der Waals surface area (Å²) >= 11 is 1.20. The third kappa shape index (κ3) is 9.34. The number of hydrogen-bond donors (Lipinski definition) is 3. The Morgan fingerprint density at radius 2 is 1.88 bits per heavy atom. The normalized spacial score (nSPS) is 16.7. The van der Waals surface area contributed by atoms with Crippen LogP contribution in [0.1, 0.15) is 75.8 Å². The van der Waals surface area contributed by atoms with E-state index < -0.39 is 29.7 Å². The summed E-state index contributed by atoms with van der Waals surface area (Å²) in [7, 11) is 0. The largest absolute Gasteiger partial charge is 0.442 e. The van der Waals surface area contributed by atoms with Gasteiger partial charge in [-0.2, -0.15) is 14.6 Å². The number of nitrogens with zero attached hydrogens (tertiary/aromatic N) is 6. The van der Waals surface area contributed by atoms with Gasteiger partial charge < -0.3 is 25.8 Å². The van der Waals surface area contributed by atoms with Crippen LogP contribution >= 0.6 is 11.3 Å². The number of nitrogens with two attached hydrogens (primary N) is 1. The predicted octanol–water partition coefficient (Wildman–Crippen LogP) is 4.70. The van der Waals surface area contributed by atoms with E-state index >= 15 is 0 Å². The lowest BCUT2D eigenvalue weighted by Crippen LogP contribution is -2.44. The molecule has 5 rings (SSSR count). The number of amides is 2. The molecule has 0 bridgehead atoms. The molecule has 14 nitrogen and oxygen atoms in total. The van der Waals surface area contributed by atoms with Crippen LogP contribution in [-0.4, -0.2) is 72.6 Å². The quantitative estimate of drug-likeness (QED) is 0.0888. The van der Waals surface area contributed by atoms with Crippen molar-refractivity contribution >= 4 is 34.8 Å². The molecule has 4 aromatic heterocycles. The lowest BCUT2D eigenvalue weighted by molar-refractivity contribution is -0.148. The van der Waals surface area contributed by atoms with Crippen LogP contribution in [0.4, 0.5) is 14.5 Å². The van der Waals surface area contributed by atoms with Crippen LogP contribution in [-0.2, 0) is 25.8 Å². The SMILES string of the molecule is CCOC1CCC(n2cc(NC(=O)c3csc(-c4cnn(COC(=O)CCCNC(=O)C(N)C(C)C)c4)n3)c(-c3nc(F)ccc3F)n2)CC1. The zero-order valence-electron chi connectivity index (χ0n) is 28.1. The van der Waals surface area contributed by atoms with Crippen molar-refractivity contribution in [1.82, 2.24) is 34.8 Å². The first-order valence-electron chi connectivity index (χ1n) is 16.5. The molecule has 0 aromatic carbocycles. The molecule has 1 unspecified atom stereocenters. The monoisotopic (exact) mass is 713 g/mol. The van der Waals surface area contributed by atoms with Crippen molar-refractivity contribution in [2.75, 3.05) is 18.5 Å². The summed E-state index contributed by atoms with van der Waals surface area (Å²) in [4.78, 5) is 45.6. The minimum Gasteiger partial charge on any atom is -0.442 e. The molecule has 268 valence electrons. The van der Waals surface area contributed by atoms with Crippen LogP contribution < -0.4 is 16.4 Å². The van der Waals surface area contributed by atoms with Crippen LogP contribution in [0, 0.1) is 17.7 Å². The van der Waals surface area contributed by atoms with Crippen molar-refractivity contribution < 1.29 is 32.6 Å². The van der Waals surface area contributed by atoms with E-state index in [1.807, 2.05) is 20.8 Å². The van der Waals surface area contributed by atoms with E-state index in [2.05, 4.69) is 30.8 Å². The number of pyridine rings is 1. The van der Waals surface area contributed by atoms with Crippen LogP contribution in [0.5, 0.6) is 0 Å². The van der Waals surface area contributed by atoms with Crippen molar-refractivity contribution in [3.05, 3.63) is 53.6 Å². The maximum atomic E-state index is 14.8. The summed E-state index contributed by atoms with van der Waals surface area (Å²) in [6.07, 6.45) is 8.65. The zero-order valence-corrected chi connectivity index (χ0v) is 28.9. The number of carbonyl (C=O) groups excluding carboxylic acids is 3. The number of thiazole rings is 1. The number of hydrogen-bond acceptors (Lipinski definition) is 11. The predicted molar refractivity (Wildman–Crippen MR) is 181 cm³/mol. The highest BCUT2D eigenvalue weighted by Gasteiger charge is 2.27. The first-order chi connectivity index (χ1) is 24.0. The van der Waals surface area contributed by atoms with Crippen molar-refractivity contribution in [2.24, 2.45) is 11.7 Å². The van der Waals surface area contributed by atoms with E-state index in [9.17, 15) is 23.2 Å². The van der Waals surface area contributed by atoms with Gasteiger partial charge in [-0.05, 0) is 57.1 Å². The number of esters is 1. The van der Waals surface area contributed by atoms with Crippen molar-refractivity contribution in [3.8, 4) is 22.0 Å². The molecule has 0 aliphatic heterocycles. The molecule has 1 fully saturated rings. The minimum atomic E-state index is -0.877. The van der Waals surface area contributed by atoms with Crippen molar-refractivity contribution in [1.29, 1.82) is 0 Å². The number of anilines is 1. The molecule has 17 heteroatoms. The summed E-state index contributed by atoms with van der Waals surface area (Å²) in [5.74, 6) is -2.93. The second-order valence-corrected chi connectivity index (χ2v) is 13.2. The summed E-state index contributed by atoms with van der Waals surface area (Å²) in [6, 6.07) is 1.27. The number of aromatic nitrogens is 6. The summed E-state index contributed by atoms with van der Waals surface area (Å²) in [5.41, 5.74) is 6.36. The Balaban J connectivity index is 1.19. The molecule has 50 heavy (non-hydrogen) atoms. The molecule has 0 saturated heterocycles. The molecule has 4 aromatic rings. The van der Waals surface area contributed by atoms with Gasteiger partial charge in [0.1, 0.15) is 22.1 Å². The Bertz CT molecular complexity index is 1780. The summed E-state index contributed by atoms with van der Waals surface area (Å²) in [5, 5.41) is 16.3. The molecular formula is C33H41F2N9O5S. The van der Waals surface area contributed by atoms with Gasteiger partial charge in [-0.15, -0.1) is 11.3 Å². The highest BCUT2D eigenvalue weighted by atomic mass is 32.1. The molecule has 0 radical (unpaired) electrons. The number of rotatable bonds is 15. The van der Waals surface area contributed by atoms with Gasteiger partial charge in [0.05, 0.1) is 30.1 Å². The Morgan fingerprint density at radius 3 is 2.62 bits per heavy atom. The van der Waals surface area contributed by atoms with Gasteiger partial charge in [0.25, 0.3) is 5.91 Å². The van der Waals surface area contributed by atoms with E-state index in [1.165, 1.54) is 22.2 Å². The van der Waals surface area contributed by atoms with Gasteiger partial charge in [0, 0.05) is 42.9 Å². The maximum Gasteiger partial charge on any atom is 0.307 e. The Labute approximate surface area is 291 Å². The highest BCUT2D eigenvalue weighted by Crippen LogP contribution is 2.34. The molecule has 2 amide bonds. The topological polar surface area (TPSA) is 181 Å². The van der Waals surface area contributed by atoms with Crippen molar-refractivity contribution in [3.63, 3.8) is 0 Å². The fraction of sp³-hybridized carbons (Fsp3) is 0.485. The third-order valence-corrected chi connectivity index (χ3v) is 9.18. The maximum absolute atomic E-state index is 14.8. The number of nitrogens with one attached hydrogen (secondary N) is 2. The number of ether oxygens (including phenoxy) is 2. The lowest BCUT2D eigenvalue weighted by atomic mass is 9.93. The molecular weight excluding hydrogens is 672 g/mol. The molecule has 0 spiro atoms. The first-order valence-corrected chi connectivity index (χ1v) is 17.4. The molecule has 1 aliphatic rings. The van der Waals surface area contributed by atoms with E-state index in [-0.39, 0.29) is 59.9 Å². The number of carbonyl (C=O) groups is 3. The van der Waals surface area contributed by atoms with Crippen LogP contribution in [0.3, 0.4) is 0 Å². The van der Waals surface area contributed by atoms with E-state index in [4.69, 9.17) is 15.2 Å². The van der Waals surface area contributed by atoms with Crippen LogP contribution in [0.25, 0.3) is 22.0 Å². The van der Waals surface area contributed by atoms with Gasteiger partial charge >= 0.3 is 5.97 Å². The van der Waals surface area contributed by atoms with E-state index in [1.54, 1.807) is 22.5 Å². The van der Waals surface area contributed by atoms with Gasteiger partial charge in [-0.1, -0.05) is 13.8 Å². The highest BCUT2D eigenvalue weighted by molar-refractivity contribution is 7.13. The fourth-order valence-electron chi connectivity index (χ4n) is 5.46. The van der Waals surface area contributed by atoms with Crippen LogP contribution in [0.15, 0.2) is 36.1 Å². The molecule has 1 atom stereocenters. The molecule has 1 saturated carbocycles.